The second kappa shape index (κ2) is 9.02. The van der Waals surface area contributed by atoms with E-state index in [1.807, 2.05) is 42.6 Å². The van der Waals surface area contributed by atoms with Gasteiger partial charge in [-0.2, -0.15) is 0 Å². The van der Waals surface area contributed by atoms with Crippen LogP contribution in [-0.2, 0) is 22.9 Å². The van der Waals surface area contributed by atoms with Gasteiger partial charge in [-0.05, 0) is 46.9 Å². The van der Waals surface area contributed by atoms with Crippen LogP contribution >= 0.6 is 11.8 Å². The first-order valence-corrected chi connectivity index (χ1v) is 14.2. The molecule has 2 atom stereocenters. The standard InChI is InChI=1S/C27H26N2O4S2/c30-15-20(12-19-14-28-24-7-3-1-5-21(19)24)29-35(31,32)26-13-18(11-17-9-10-33-27(17)26)23-16-34-25-8-4-2-6-22(23)25/h1-8,11,13-14,20,23,28-30H,9-10,12,15-16H2/t20-,23?/m1/s1. The molecule has 6 nitrogen and oxygen atoms in total. The fraction of sp³-hybridized carbons (Fsp3) is 0.259. The zero-order valence-electron chi connectivity index (χ0n) is 19.0. The van der Waals surface area contributed by atoms with E-state index in [1.165, 1.54) is 10.5 Å². The average Bonchev–Trinajstić information content (AvgIpc) is 3.61. The van der Waals surface area contributed by atoms with Crippen LogP contribution in [0.1, 0.15) is 28.2 Å². The number of hydrogen-bond donors (Lipinski definition) is 3. The van der Waals surface area contributed by atoms with Crippen molar-refractivity contribution in [2.24, 2.45) is 0 Å². The van der Waals surface area contributed by atoms with E-state index >= 15 is 0 Å². The van der Waals surface area contributed by atoms with Gasteiger partial charge in [-0.3, -0.25) is 0 Å². The van der Waals surface area contributed by atoms with Crippen molar-refractivity contribution in [1.29, 1.82) is 0 Å². The highest BCUT2D eigenvalue weighted by Gasteiger charge is 2.32. The molecule has 3 heterocycles. The molecule has 2 aliphatic rings. The molecule has 35 heavy (non-hydrogen) atoms. The number of thioether (sulfide) groups is 1. The number of ether oxygens (including phenoxy) is 1. The zero-order chi connectivity index (χ0) is 24.0. The lowest BCUT2D eigenvalue weighted by atomic mass is 9.91. The van der Waals surface area contributed by atoms with E-state index in [0.717, 1.165) is 33.3 Å². The van der Waals surface area contributed by atoms with Gasteiger partial charge in [0.05, 0.1) is 13.2 Å². The Balaban J connectivity index is 1.33. The summed E-state index contributed by atoms with van der Waals surface area (Å²) in [5, 5.41) is 11.1. The lowest BCUT2D eigenvalue weighted by molar-refractivity contribution is 0.256. The quantitative estimate of drug-likeness (QED) is 0.349. The van der Waals surface area contributed by atoms with Crippen LogP contribution in [0.4, 0.5) is 0 Å². The molecule has 1 unspecified atom stereocenters. The number of aliphatic hydroxyl groups is 1. The molecule has 2 aliphatic heterocycles. The normalized spacial score (nSPS) is 17.8. The van der Waals surface area contributed by atoms with Crippen LogP contribution < -0.4 is 9.46 Å². The first kappa shape index (κ1) is 22.7. The Labute approximate surface area is 208 Å². The molecular weight excluding hydrogens is 480 g/mol. The van der Waals surface area contributed by atoms with Crippen molar-refractivity contribution < 1.29 is 18.3 Å². The second-order valence-corrected chi connectivity index (χ2v) is 11.8. The molecule has 0 amide bonds. The SMILES string of the molecule is O=S(=O)(N[C@@H](CO)Cc1c[nH]c2ccccc12)c1cc(C2CSc3ccccc32)cc2c1OCC2. The number of benzene rings is 3. The lowest BCUT2D eigenvalue weighted by Crippen LogP contribution is -2.39. The Morgan fingerprint density at radius 1 is 1.14 bits per heavy atom. The summed E-state index contributed by atoms with van der Waals surface area (Å²) < 4.78 is 35.8. The number of sulfonamides is 1. The number of H-pyrrole nitrogens is 1. The van der Waals surface area contributed by atoms with Crippen molar-refractivity contribution in [2.45, 2.75) is 34.6 Å². The first-order valence-electron chi connectivity index (χ1n) is 11.7. The maximum absolute atomic E-state index is 13.7. The number of nitrogens with one attached hydrogen (secondary N) is 2. The summed E-state index contributed by atoms with van der Waals surface area (Å²) >= 11 is 1.80. The van der Waals surface area contributed by atoms with E-state index in [9.17, 15) is 13.5 Å². The van der Waals surface area contributed by atoms with E-state index in [1.54, 1.807) is 17.8 Å². The average molecular weight is 507 g/mol. The predicted molar refractivity (Wildman–Crippen MR) is 138 cm³/mol. The van der Waals surface area contributed by atoms with Gasteiger partial charge in [0.15, 0.2) is 0 Å². The highest BCUT2D eigenvalue weighted by molar-refractivity contribution is 7.99. The largest absolute Gasteiger partial charge is 0.492 e. The fourth-order valence-electron chi connectivity index (χ4n) is 5.13. The van der Waals surface area contributed by atoms with E-state index in [-0.39, 0.29) is 17.4 Å². The van der Waals surface area contributed by atoms with Crippen LogP contribution in [0.15, 0.2) is 76.7 Å². The third-order valence-electron chi connectivity index (χ3n) is 6.85. The van der Waals surface area contributed by atoms with E-state index in [2.05, 4.69) is 27.9 Å². The Hall–Kier alpha value is -2.78. The molecule has 0 bridgehead atoms. The minimum atomic E-state index is -3.93. The minimum Gasteiger partial charge on any atom is -0.492 e. The number of aliphatic hydroxyl groups excluding tert-OH is 1. The van der Waals surface area contributed by atoms with Crippen molar-refractivity contribution in [1.82, 2.24) is 9.71 Å². The molecule has 3 N–H and O–H groups in total. The molecular formula is C27H26N2O4S2. The Morgan fingerprint density at radius 3 is 2.86 bits per heavy atom. The molecule has 0 aliphatic carbocycles. The van der Waals surface area contributed by atoms with Gasteiger partial charge < -0.3 is 14.8 Å². The summed E-state index contributed by atoms with van der Waals surface area (Å²) in [6, 6.07) is 19.4. The van der Waals surface area contributed by atoms with Gasteiger partial charge in [-0.1, -0.05) is 42.5 Å². The summed E-state index contributed by atoms with van der Waals surface area (Å²) in [7, 11) is -3.93. The number of para-hydroxylation sites is 1. The van der Waals surface area contributed by atoms with Gasteiger partial charge in [0.1, 0.15) is 10.6 Å². The number of aromatic nitrogens is 1. The minimum absolute atomic E-state index is 0.135. The van der Waals surface area contributed by atoms with Crippen LogP contribution in [0.3, 0.4) is 0 Å². The zero-order valence-corrected chi connectivity index (χ0v) is 20.7. The molecule has 0 fully saturated rings. The third kappa shape index (κ3) is 4.14. The Kier molecular flexibility index (Phi) is 5.84. The summed E-state index contributed by atoms with van der Waals surface area (Å²) in [4.78, 5) is 4.62. The third-order valence-corrected chi connectivity index (χ3v) is 9.56. The predicted octanol–water partition coefficient (Wildman–Crippen LogP) is 4.22. The molecule has 0 saturated heterocycles. The van der Waals surface area contributed by atoms with Gasteiger partial charge in [-0.25, -0.2) is 13.1 Å². The highest BCUT2D eigenvalue weighted by Crippen LogP contribution is 2.45. The number of fused-ring (bicyclic) bond motifs is 3. The molecule has 3 aromatic carbocycles. The molecule has 4 aromatic rings. The van der Waals surface area contributed by atoms with Crippen LogP contribution in [0, 0.1) is 0 Å². The van der Waals surface area contributed by atoms with Crippen molar-refractivity contribution in [2.75, 3.05) is 19.0 Å². The first-order chi connectivity index (χ1) is 17.0. The van der Waals surface area contributed by atoms with Crippen molar-refractivity contribution in [3.63, 3.8) is 0 Å². The summed E-state index contributed by atoms with van der Waals surface area (Å²) in [6.07, 6.45) is 2.93. The van der Waals surface area contributed by atoms with Crippen molar-refractivity contribution in [3.8, 4) is 5.75 Å². The van der Waals surface area contributed by atoms with Crippen LogP contribution in [0.5, 0.6) is 5.75 Å². The maximum atomic E-state index is 13.7. The molecule has 1 aromatic heterocycles. The monoisotopic (exact) mass is 506 g/mol. The van der Waals surface area contributed by atoms with Crippen LogP contribution in [-0.4, -0.2) is 43.5 Å². The van der Waals surface area contributed by atoms with Gasteiger partial charge in [-0.15, -0.1) is 11.8 Å². The number of hydrogen-bond acceptors (Lipinski definition) is 5. The summed E-state index contributed by atoms with van der Waals surface area (Å²) in [5.74, 6) is 1.45. The van der Waals surface area contributed by atoms with Gasteiger partial charge >= 0.3 is 0 Å². The summed E-state index contributed by atoms with van der Waals surface area (Å²) in [6.45, 7) is 0.157. The highest BCUT2D eigenvalue weighted by atomic mass is 32.2. The molecule has 0 radical (unpaired) electrons. The molecule has 180 valence electrons. The van der Waals surface area contributed by atoms with E-state index in [0.29, 0.717) is 25.2 Å². The molecule has 8 heteroatoms. The van der Waals surface area contributed by atoms with Gasteiger partial charge in [0, 0.05) is 46.1 Å². The fourth-order valence-corrected chi connectivity index (χ4v) is 7.85. The second-order valence-electron chi connectivity index (χ2n) is 9.07. The van der Waals surface area contributed by atoms with Crippen molar-refractivity contribution >= 4 is 32.7 Å². The van der Waals surface area contributed by atoms with Crippen molar-refractivity contribution in [3.05, 3.63) is 89.1 Å². The lowest BCUT2D eigenvalue weighted by Gasteiger charge is -2.20. The van der Waals surface area contributed by atoms with Gasteiger partial charge in [0.25, 0.3) is 0 Å². The molecule has 0 spiro atoms. The Morgan fingerprint density at radius 2 is 1.97 bits per heavy atom. The maximum Gasteiger partial charge on any atom is 0.244 e. The molecule has 6 rings (SSSR count). The van der Waals surface area contributed by atoms with Crippen LogP contribution in [0.2, 0.25) is 0 Å². The Bertz CT molecular complexity index is 1510. The number of rotatable bonds is 7. The number of aromatic amines is 1. The van der Waals surface area contributed by atoms with Crippen LogP contribution in [0.25, 0.3) is 10.9 Å². The smallest absolute Gasteiger partial charge is 0.244 e. The van der Waals surface area contributed by atoms with E-state index in [4.69, 9.17) is 4.74 Å². The van der Waals surface area contributed by atoms with E-state index < -0.39 is 16.1 Å². The summed E-state index contributed by atoms with van der Waals surface area (Å²) in [5.41, 5.74) is 5.09. The molecule has 0 saturated carbocycles. The van der Waals surface area contributed by atoms with Gasteiger partial charge in [0.2, 0.25) is 10.0 Å². The topological polar surface area (TPSA) is 91.4 Å².